The minimum atomic E-state index is -0.270. The monoisotopic (exact) mass is 463 g/mol. The van der Waals surface area contributed by atoms with Crippen molar-refractivity contribution in [2.24, 2.45) is 0 Å². The SMILES string of the molecule is Cc1ccc(C(=O)NC(C)c2nc3ccccc3n2CCOc2cccc3ccccc23)c(C)c1. The molecule has 5 nitrogen and oxygen atoms in total. The maximum Gasteiger partial charge on any atom is 0.252 e. The van der Waals surface area contributed by atoms with Crippen LogP contribution in [0.4, 0.5) is 0 Å². The average molecular weight is 464 g/mol. The Bertz CT molecular complexity index is 1510. The molecule has 4 aromatic carbocycles. The van der Waals surface area contributed by atoms with E-state index in [-0.39, 0.29) is 11.9 Å². The maximum absolute atomic E-state index is 13.0. The number of hydrogen-bond acceptors (Lipinski definition) is 3. The van der Waals surface area contributed by atoms with Gasteiger partial charge in [0.1, 0.15) is 18.2 Å². The molecule has 176 valence electrons. The molecule has 5 rings (SSSR count). The van der Waals surface area contributed by atoms with Gasteiger partial charge in [-0.2, -0.15) is 0 Å². The van der Waals surface area contributed by atoms with Crippen molar-refractivity contribution in [1.29, 1.82) is 0 Å². The standard InChI is InChI=1S/C30H29N3O2/c1-20-15-16-24(21(2)19-20)30(34)31-22(3)29-32-26-12-6-7-13-27(26)33(29)17-18-35-28-14-8-10-23-9-4-5-11-25(23)28/h4-16,19,22H,17-18H2,1-3H3,(H,31,34). The first-order valence-electron chi connectivity index (χ1n) is 11.9. The third-order valence-corrected chi connectivity index (χ3v) is 6.37. The molecular formula is C30H29N3O2. The van der Waals surface area contributed by atoms with Gasteiger partial charge in [-0.15, -0.1) is 0 Å². The summed E-state index contributed by atoms with van der Waals surface area (Å²) in [5.74, 6) is 1.58. The first-order valence-corrected chi connectivity index (χ1v) is 11.9. The normalized spacial score (nSPS) is 12.1. The third kappa shape index (κ3) is 4.62. The van der Waals surface area contributed by atoms with Gasteiger partial charge in [0.25, 0.3) is 5.91 Å². The van der Waals surface area contributed by atoms with Gasteiger partial charge in [-0.3, -0.25) is 4.79 Å². The molecule has 0 saturated heterocycles. The topological polar surface area (TPSA) is 56.2 Å². The van der Waals surface area contributed by atoms with Gasteiger partial charge < -0.3 is 14.6 Å². The van der Waals surface area contributed by atoms with E-state index in [2.05, 4.69) is 34.1 Å². The van der Waals surface area contributed by atoms with Crippen LogP contribution in [0.25, 0.3) is 21.8 Å². The van der Waals surface area contributed by atoms with Gasteiger partial charge in [0.15, 0.2) is 0 Å². The zero-order chi connectivity index (χ0) is 24.4. The van der Waals surface area contributed by atoms with E-state index in [1.807, 2.05) is 81.4 Å². The fourth-order valence-electron chi connectivity index (χ4n) is 4.64. The summed E-state index contributed by atoms with van der Waals surface area (Å²) in [5.41, 5.74) is 4.72. The summed E-state index contributed by atoms with van der Waals surface area (Å²) < 4.78 is 8.36. The number of para-hydroxylation sites is 2. The molecule has 0 radical (unpaired) electrons. The Morgan fingerprint density at radius 2 is 1.74 bits per heavy atom. The number of imidazole rings is 1. The molecule has 1 amide bonds. The van der Waals surface area contributed by atoms with E-state index in [1.54, 1.807) is 0 Å². The molecule has 0 aliphatic heterocycles. The van der Waals surface area contributed by atoms with Crippen molar-refractivity contribution >= 4 is 27.7 Å². The summed E-state index contributed by atoms with van der Waals surface area (Å²) in [4.78, 5) is 17.9. The molecule has 1 N–H and O–H groups in total. The highest BCUT2D eigenvalue weighted by Gasteiger charge is 2.20. The number of hydrogen-bond donors (Lipinski definition) is 1. The summed E-state index contributed by atoms with van der Waals surface area (Å²) in [7, 11) is 0. The van der Waals surface area contributed by atoms with Crippen molar-refractivity contribution in [3.8, 4) is 5.75 Å². The number of aryl methyl sites for hydroxylation is 2. The molecule has 35 heavy (non-hydrogen) atoms. The Labute approximate surface area is 205 Å². The molecule has 1 heterocycles. The number of carbonyl (C=O) groups excluding carboxylic acids is 1. The van der Waals surface area contributed by atoms with Gasteiger partial charge >= 0.3 is 0 Å². The van der Waals surface area contributed by atoms with E-state index in [4.69, 9.17) is 9.72 Å². The van der Waals surface area contributed by atoms with Gasteiger partial charge in [-0.05, 0) is 56.0 Å². The molecule has 5 aromatic rings. The fourth-order valence-corrected chi connectivity index (χ4v) is 4.64. The van der Waals surface area contributed by atoms with Gasteiger partial charge in [-0.25, -0.2) is 4.98 Å². The van der Waals surface area contributed by atoms with Crippen LogP contribution in [0.15, 0.2) is 84.9 Å². The molecule has 1 unspecified atom stereocenters. The number of nitrogens with zero attached hydrogens (tertiary/aromatic N) is 2. The quantitative estimate of drug-likeness (QED) is 0.305. The Morgan fingerprint density at radius 1 is 0.971 bits per heavy atom. The molecule has 0 spiro atoms. The van der Waals surface area contributed by atoms with Gasteiger partial charge in [0.05, 0.1) is 23.6 Å². The van der Waals surface area contributed by atoms with Crippen LogP contribution in [0.2, 0.25) is 0 Å². The Balaban J connectivity index is 1.38. The molecular weight excluding hydrogens is 434 g/mol. The highest BCUT2D eigenvalue weighted by atomic mass is 16.5. The summed E-state index contributed by atoms with van der Waals surface area (Å²) in [5, 5.41) is 5.39. The summed E-state index contributed by atoms with van der Waals surface area (Å²) in [6.45, 7) is 7.07. The predicted octanol–water partition coefficient (Wildman–Crippen LogP) is 6.38. The number of rotatable bonds is 7. The molecule has 5 heteroatoms. The zero-order valence-corrected chi connectivity index (χ0v) is 20.3. The molecule has 1 atom stereocenters. The minimum absolute atomic E-state index is 0.0967. The minimum Gasteiger partial charge on any atom is -0.491 e. The second-order valence-corrected chi connectivity index (χ2v) is 8.95. The summed E-state index contributed by atoms with van der Waals surface area (Å²) >= 11 is 0. The summed E-state index contributed by atoms with van der Waals surface area (Å²) in [6.07, 6.45) is 0. The Kier molecular flexibility index (Phi) is 6.23. The molecule has 0 aliphatic rings. The first-order chi connectivity index (χ1) is 17.0. The number of carbonyl (C=O) groups is 1. The van der Waals surface area contributed by atoms with Crippen LogP contribution in [0.5, 0.6) is 5.75 Å². The van der Waals surface area contributed by atoms with E-state index >= 15 is 0 Å². The third-order valence-electron chi connectivity index (χ3n) is 6.37. The lowest BCUT2D eigenvalue weighted by Gasteiger charge is -2.18. The van der Waals surface area contributed by atoms with Crippen molar-refractivity contribution in [2.45, 2.75) is 33.4 Å². The number of benzene rings is 4. The van der Waals surface area contributed by atoms with E-state index < -0.39 is 0 Å². The molecule has 1 aromatic heterocycles. The van der Waals surface area contributed by atoms with Gasteiger partial charge in [0.2, 0.25) is 0 Å². The number of aromatic nitrogens is 2. The molecule has 0 fully saturated rings. The van der Waals surface area contributed by atoms with E-state index in [0.29, 0.717) is 18.7 Å². The lowest BCUT2D eigenvalue weighted by atomic mass is 10.0. The van der Waals surface area contributed by atoms with Crippen LogP contribution in [-0.4, -0.2) is 22.1 Å². The van der Waals surface area contributed by atoms with Gasteiger partial charge in [-0.1, -0.05) is 66.2 Å². The lowest BCUT2D eigenvalue weighted by molar-refractivity contribution is 0.0937. The van der Waals surface area contributed by atoms with Crippen LogP contribution >= 0.6 is 0 Å². The number of nitrogens with one attached hydrogen (secondary N) is 1. The number of fused-ring (bicyclic) bond motifs is 2. The highest BCUT2D eigenvalue weighted by Crippen LogP contribution is 2.26. The highest BCUT2D eigenvalue weighted by molar-refractivity contribution is 5.96. The smallest absolute Gasteiger partial charge is 0.252 e. The Morgan fingerprint density at radius 3 is 2.60 bits per heavy atom. The van der Waals surface area contributed by atoms with Crippen LogP contribution in [-0.2, 0) is 6.54 Å². The van der Waals surface area contributed by atoms with Crippen LogP contribution in [0, 0.1) is 13.8 Å². The lowest BCUT2D eigenvalue weighted by Crippen LogP contribution is -2.29. The van der Waals surface area contributed by atoms with E-state index in [1.165, 1.54) is 0 Å². The number of ether oxygens (including phenoxy) is 1. The van der Waals surface area contributed by atoms with Crippen molar-refractivity contribution in [1.82, 2.24) is 14.9 Å². The van der Waals surface area contributed by atoms with E-state index in [0.717, 1.165) is 44.5 Å². The molecule has 0 aliphatic carbocycles. The van der Waals surface area contributed by atoms with Crippen molar-refractivity contribution in [3.05, 3.63) is 107 Å². The fraction of sp³-hybridized carbons (Fsp3) is 0.200. The number of amides is 1. The van der Waals surface area contributed by atoms with Crippen molar-refractivity contribution in [2.75, 3.05) is 6.61 Å². The predicted molar refractivity (Wildman–Crippen MR) is 141 cm³/mol. The van der Waals surface area contributed by atoms with Crippen molar-refractivity contribution < 1.29 is 9.53 Å². The van der Waals surface area contributed by atoms with Crippen molar-refractivity contribution in [3.63, 3.8) is 0 Å². The van der Waals surface area contributed by atoms with Gasteiger partial charge in [0, 0.05) is 10.9 Å². The zero-order valence-electron chi connectivity index (χ0n) is 20.3. The molecule has 0 saturated carbocycles. The average Bonchev–Trinajstić information content (AvgIpc) is 3.23. The first kappa shape index (κ1) is 22.7. The summed E-state index contributed by atoms with van der Waals surface area (Å²) in [6, 6.07) is 28.0. The second-order valence-electron chi connectivity index (χ2n) is 8.95. The largest absolute Gasteiger partial charge is 0.491 e. The van der Waals surface area contributed by atoms with E-state index in [9.17, 15) is 4.79 Å². The molecule has 0 bridgehead atoms. The van der Waals surface area contributed by atoms with Crippen LogP contribution in [0.1, 0.15) is 40.3 Å². The van der Waals surface area contributed by atoms with Crippen LogP contribution < -0.4 is 10.1 Å². The van der Waals surface area contributed by atoms with Crippen LogP contribution in [0.3, 0.4) is 0 Å². The Hall–Kier alpha value is -4.12. The maximum atomic E-state index is 13.0. The second kappa shape index (κ2) is 9.63.